The van der Waals surface area contributed by atoms with Crippen LogP contribution < -0.4 is 5.32 Å². The van der Waals surface area contributed by atoms with Gasteiger partial charge in [-0.15, -0.1) is 0 Å². The molecule has 110 valence electrons. The van der Waals surface area contributed by atoms with E-state index in [9.17, 15) is 9.59 Å². The molecule has 0 aliphatic carbocycles. The van der Waals surface area contributed by atoms with E-state index in [0.717, 1.165) is 32.2 Å². The molecule has 1 saturated heterocycles. The third kappa shape index (κ3) is 5.09. The van der Waals surface area contributed by atoms with E-state index < -0.39 is 12.0 Å². The van der Waals surface area contributed by atoms with Gasteiger partial charge in [-0.2, -0.15) is 0 Å². The molecule has 0 saturated carbocycles. The quantitative estimate of drug-likeness (QED) is 0.806. The highest BCUT2D eigenvalue weighted by atomic mass is 16.4. The molecule has 2 amide bonds. The zero-order valence-corrected chi connectivity index (χ0v) is 12.2. The van der Waals surface area contributed by atoms with Gasteiger partial charge in [0.05, 0.1) is 0 Å². The van der Waals surface area contributed by atoms with Crippen molar-refractivity contribution in [3.05, 3.63) is 0 Å². The maximum Gasteiger partial charge on any atom is 0.326 e. The Bertz CT molecular complexity index is 329. The number of carbonyl (C=O) groups excluding carboxylic acids is 1. The molecule has 1 aliphatic heterocycles. The lowest BCUT2D eigenvalue weighted by Crippen LogP contribution is -2.52. The van der Waals surface area contributed by atoms with Crippen molar-refractivity contribution in [1.82, 2.24) is 10.2 Å². The van der Waals surface area contributed by atoms with E-state index in [0.29, 0.717) is 13.0 Å². The van der Waals surface area contributed by atoms with Crippen LogP contribution in [0.1, 0.15) is 52.9 Å². The van der Waals surface area contributed by atoms with Crippen molar-refractivity contribution in [2.75, 3.05) is 13.1 Å². The van der Waals surface area contributed by atoms with Crippen molar-refractivity contribution in [3.63, 3.8) is 0 Å². The van der Waals surface area contributed by atoms with Crippen LogP contribution in [0.5, 0.6) is 0 Å². The molecule has 0 radical (unpaired) electrons. The molecule has 1 fully saturated rings. The number of rotatable bonds is 5. The molecule has 5 nitrogen and oxygen atoms in total. The minimum Gasteiger partial charge on any atom is -0.480 e. The van der Waals surface area contributed by atoms with Crippen LogP contribution >= 0.6 is 0 Å². The van der Waals surface area contributed by atoms with Crippen molar-refractivity contribution in [2.45, 2.75) is 58.9 Å². The Kier molecular flexibility index (Phi) is 5.63. The van der Waals surface area contributed by atoms with Gasteiger partial charge >= 0.3 is 12.0 Å². The SMILES string of the molecule is CCCC[C@H](NC(=O)N1CCCC(C)(C)C1)C(=O)O. The summed E-state index contributed by atoms with van der Waals surface area (Å²) in [5.74, 6) is -0.946. The number of carboxylic acids is 1. The largest absolute Gasteiger partial charge is 0.480 e. The molecule has 1 atom stereocenters. The number of hydrogen-bond donors (Lipinski definition) is 2. The highest BCUT2D eigenvalue weighted by Gasteiger charge is 2.30. The van der Waals surface area contributed by atoms with Crippen LogP contribution in [0.2, 0.25) is 0 Å². The molecule has 0 aromatic carbocycles. The number of carbonyl (C=O) groups is 2. The average molecular weight is 270 g/mol. The molecule has 1 heterocycles. The first-order chi connectivity index (χ1) is 8.85. The molecule has 5 heteroatoms. The fourth-order valence-electron chi connectivity index (χ4n) is 2.50. The van der Waals surface area contributed by atoms with Crippen LogP contribution in [0, 0.1) is 5.41 Å². The van der Waals surface area contributed by atoms with Crippen molar-refractivity contribution >= 4 is 12.0 Å². The number of aliphatic carboxylic acids is 1. The predicted octanol–water partition coefficient (Wildman–Crippen LogP) is 2.46. The topological polar surface area (TPSA) is 69.6 Å². The number of nitrogens with zero attached hydrogens (tertiary/aromatic N) is 1. The Labute approximate surface area is 115 Å². The minimum absolute atomic E-state index is 0.123. The van der Waals surface area contributed by atoms with E-state index in [2.05, 4.69) is 19.2 Å². The van der Waals surface area contributed by atoms with Crippen LogP contribution in [-0.2, 0) is 4.79 Å². The zero-order valence-electron chi connectivity index (χ0n) is 12.2. The highest BCUT2D eigenvalue weighted by Crippen LogP contribution is 2.28. The first-order valence-corrected chi connectivity index (χ1v) is 7.14. The monoisotopic (exact) mass is 270 g/mol. The van der Waals surface area contributed by atoms with Crippen LogP contribution in [0.3, 0.4) is 0 Å². The van der Waals surface area contributed by atoms with Gasteiger partial charge in [0, 0.05) is 13.1 Å². The first-order valence-electron chi connectivity index (χ1n) is 7.14. The van der Waals surface area contributed by atoms with Crippen LogP contribution in [0.4, 0.5) is 4.79 Å². The fourth-order valence-corrected chi connectivity index (χ4v) is 2.50. The smallest absolute Gasteiger partial charge is 0.326 e. The summed E-state index contributed by atoms with van der Waals surface area (Å²) in [4.78, 5) is 25.0. The van der Waals surface area contributed by atoms with Gasteiger partial charge in [-0.3, -0.25) is 0 Å². The highest BCUT2D eigenvalue weighted by molar-refractivity contribution is 5.82. The summed E-state index contributed by atoms with van der Waals surface area (Å²) < 4.78 is 0. The summed E-state index contributed by atoms with van der Waals surface area (Å²) in [6.07, 6.45) is 4.32. The number of urea groups is 1. The fraction of sp³-hybridized carbons (Fsp3) is 0.857. The summed E-state index contributed by atoms with van der Waals surface area (Å²) in [7, 11) is 0. The van der Waals surface area contributed by atoms with Crippen molar-refractivity contribution in [1.29, 1.82) is 0 Å². The third-order valence-electron chi connectivity index (χ3n) is 3.63. The Morgan fingerprint density at radius 3 is 2.63 bits per heavy atom. The van der Waals surface area contributed by atoms with Crippen molar-refractivity contribution in [3.8, 4) is 0 Å². The summed E-state index contributed by atoms with van der Waals surface area (Å²) in [6, 6.07) is -1.01. The van der Waals surface area contributed by atoms with Gasteiger partial charge < -0.3 is 15.3 Å². The van der Waals surface area contributed by atoms with Crippen LogP contribution in [-0.4, -0.2) is 41.1 Å². The molecular formula is C14H26N2O3. The Morgan fingerprint density at radius 1 is 1.42 bits per heavy atom. The lowest BCUT2D eigenvalue weighted by molar-refractivity contribution is -0.139. The Hall–Kier alpha value is -1.26. The second-order valence-electron chi connectivity index (χ2n) is 6.17. The lowest BCUT2D eigenvalue weighted by atomic mass is 9.84. The van der Waals surface area contributed by atoms with Gasteiger partial charge in [-0.1, -0.05) is 33.6 Å². The maximum absolute atomic E-state index is 12.1. The van der Waals surface area contributed by atoms with E-state index in [1.54, 1.807) is 4.90 Å². The van der Waals surface area contributed by atoms with E-state index in [-0.39, 0.29) is 11.4 Å². The van der Waals surface area contributed by atoms with Gasteiger partial charge in [0.25, 0.3) is 0 Å². The minimum atomic E-state index is -0.946. The summed E-state index contributed by atoms with van der Waals surface area (Å²) in [5.41, 5.74) is 0.123. The number of amides is 2. The standard InChI is InChI=1S/C14H26N2O3/c1-4-5-7-11(12(17)18)15-13(19)16-9-6-8-14(2,3)10-16/h11H,4-10H2,1-3H3,(H,15,19)(H,17,18)/t11-/m0/s1. The molecule has 0 bridgehead atoms. The third-order valence-corrected chi connectivity index (χ3v) is 3.63. The number of likely N-dealkylation sites (tertiary alicyclic amines) is 1. The van der Waals surface area contributed by atoms with E-state index >= 15 is 0 Å². The molecule has 0 unspecified atom stereocenters. The van der Waals surface area contributed by atoms with Crippen LogP contribution in [0.25, 0.3) is 0 Å². The van der Waals surface area contributed by atoms with Crippen molar-refractivity contribution < 1.29 is 14.7 Å². The van der Waals surface area contributed by atoms with Crippen molar-refractivity contribution in [2.24, 2.45) is 5.41 Å². The number of piperidine rings is 1. The lowest BCUT2D eigenvalue weighted by Gasteiger charge is -2.38. The predicted molar refractivity (Wildman–Crippen MR) is 74.1 cm³/mol. The number of hydrogen-bond acceptors (Lipinski definition) is 2. The van der Waals surface area contributed by atoms with Gasteiger partial charge in [0.15, 0.2) is 0 Å². The summed E-state index contributed by atoms with van der Waals surface area (Å²) in [5, 5.41) is 11.8. The number of unbranched alkanes of at least 4 members (excludes halogenated alkanes) is 1. The number of carboxylic acid groups (broad SMARTS) is 1. The second-order valence-corrected chi connectivity index (χ2v) is 6.17. The normalized spacial score (nSPS) is 19.8. The zero-order chi connectivity index (χ0) is 14.5. The molecule has 0 aromatic rings. The molecule has 19 heavy (non-hydrogen) atoms. The summed E-state index contributed by atoms with van der Waals surface area (Å²) in [6.45, 7) is 7.69. The average Bonchev–Trinajstić information content (AvgIpc) is 2.32. The van der Waals surface area contributed by atoms with Gasteiger partial charge in [0.2, 0.25) is 0 Å². The van der Waals surface area contributed by atoms with Gasteiger partial charge in [-0.25, -0.2) is 9.59 Å². The molecule has 0 spiro atoms. The molecule has 2 N–H and O–H groups in total. The van der Waals surface area contributed by atoms with E-state index in [4.69, 9.17) is 5.11 Å². The molecule has 1 rings (SSSR count). The van der Waals surface area contributed by atoms with E-state index in [1.807, 2.05) is 6.92 Å². The molecular weight excluding hydrogens is 244 g/mol. The second kappa shape index (κ2) is 6.78. The van der Waals surface area contributed by atoms with Gasteiger partial charge in [0.1, 0.15) is 6.04 Å². The molecule has 1 aliphatic rings. The Balaban J connectivity index is 2.54. The first kappa shape index (κ1) is 15.8. The summed E-state index contributed by atoms with van der Waals surface area (Å²) >= 11 is 0. The van der Waals surface area contributed by atoms with Gasteiger partial charge in [-0.05, 0) is 24.7 Å². The van der Waals surface area contributed by atoms with E-state index in [1.165, 1.54) is 0 Å². The number of nitrogens with one attached hydrogen (secondary N) is 1. The maximum atomic E-state index is 12.1. The molecule has 0 aromatic heterocycles. The Morgan fingerprint density at radius 2 is 2.11 bits per heavy atom. The van der Waals surface area contributed by atoms with Crippen LogP contribution in [0.15, 0.2) is 0 Å².